The van der Waals surface area contributed by atoms with Crippen LogP contribution >= 0.6 is 0 Å². The van der Waals surface area contributed by atoms with Crippen LogP contribution in [0.2, 0.25) is 0 Å². The summed E-state index contributed by atoms with van der Waals surface area (Å²) in [6.45, 7) is 7.87. The van der Waals surface area contributed by atoms with E-state index in [0.717, 1.165) is 22.3 Å². The van der Waals surface area contributed by atoms with E-state index in [9.17, 15) is 18.0 Å². The molecule has 0 N–H and O–H groups in total. The second kappa shape index (κ2) is 9.28. The smallest absolute Gasteiger partial charge is 0.309 e. The molecular formula is C23H28N2O5S. The Morgan fingerprint density at radius 2 is 1.84 bits per heavy atom. The number of sulfonamides is 1. The van der Waals surface area contributed by atoms with E-state index in [1.54, 1.807) is 6.07 Å². The number of pyridine rings is 1. The van der Waals surface area contributed by atoms with Crippen molar-refractivity contribution >= 4 is 21.8 Å². The van der Waals surface area contributed by atoms with E-state index < -0.39 is 10.0 Å². The number of carbonyl (C=O) groups is 2. The van der Waals surface area contributed by atoms with Gasteiger partial charge in [0.25, 0.3) is 0 Å². The van der Waals surface area contributed by atoms with Gasteiger partial charge in [-0.25, -0.2) is 8.42 Å². The first-order chi connectivity index (χ1) is 14.6. The van der Waals surface area contributed by atoms with Crippen molar-refractivity contribution in [3.63, 3.8) is 0 Å². The van der Waals surface area contributed by atoms with Gasteiger partial charge in [0.15, 0.2) is 5.78 Å². The summed E-state index contributed by atoms with van der Waals surface area (Å²) in [4.78, 5) is 28.7. The number of ketones is 1. The normalized spacial score (nSPS) is 15.6. The third-order valence-corrected chi connectivity index (χ3v) is 7.78. The topological polar surface area (TPSA) is 93.6 Å². The predicted octanol–water partition coefficient (Wildman–Crippen LogP) is 3.35. The van der Waals surface area contributed by atoms with Crippen LogP contribution in [0.1, 0.15) is 52.4 Å². The molecule has 31 heavy (non-hydrogen) atoms. The first-order valence-electron chi connectivity index (χ1n) is 10.3. The minimum absolute atomic E-state index is 0.00947. The highest BCUT2D eigenvalue weighted by atomic mass is 32.2. The van der Waals surface area contributed by atoms with Crippen LogP contribution in [-0.4, -0.2) is 42.5 Å². The Hall–Kier alpha value is -2.58. The number of carbonyl (C=O) groups excluding carboxylic acids is 2. The number of hydrogen-bond donors (Lipinski definition) is 0. The van der Waals surface area contributed by atoms with Crippen LogP contribution in [0.3, 0.4) is 0 Å². The predicted molar refractivity (Wildman–Crippen MR) is 116 cm³/mol. The van der Waals surface area contributed by atoms with E-state index in [4.69, 9.17) is 4.74 Å². The number of benzene rings is 1. The minimum atomic E-state index is -3.61. The lowest BCUT2D eigenvalue weighted by Crippen LogP contribution is -2.40. The summed E-state index contributed by atoms with van der Waals surface area (Å²) in [5, 5.41) is 0. The maximum Gasteiger partial charge on any atom is 0.309 e. The van der Waals surface area contributed by atoms with E-state index in [1.165, 1.54) is 29.7 Å². The lowest BCUT2D eigenvalue weighted by molar-refractivity contribution is -0.151. The summed E-state index contributed by atoms with van der Waals surface area (Å²) in [5.41, 5.74) is 4.26. The molecule has 1 saturated heterocycles. The van der Waals surface area contributed by atoms with Gasteiger partial charge in [0.2, 0.25) is 10.0 Å². The number of nitrogens with zero attached hydrogens (tertiary/aromatic N) is 2. The van der Waals surface area contributed by atoms with Gasteiger partial charge in [0.05, 0.1) is 5.92 Å². The molecular weight excluding hydrogens is 416 g/mol. The SMILES string of the molecule is CC(=O)c1c(C)cc(C)c(COC(=O)C2CCN(S(=O)(=O)c3cccnc3)CC2)c1C. The van der Waals surface area contributed by atoms with E-state index in [1.807, 2.05) is 26.8 Å². The zero-order valence-corrected chi connectivity index (χ0v) is 19.2. The van der Waals surface area contributed by atoms with E-state index in [0.29, 0.717) is 18.4 Å². The number of aryl methyl sites for hydroxylation is 2. The second-order valence-electron chi connectivity index (χ2n) is 8.02. The standard InChI is InChI=1S/C23H28N2O5S/c1-15-12-16(2)22(18(4)26)17(3)21(15)14-30-23(27)19-7-10-25(11-8-19)31(28,29)20-6-5-9-24-13-20/h5-6,9,12-13,19H,7-8,10-11,14H2,1-4H3. The second-order valence-corrected chi connectivity index (χ2v) is 9.96. The minimum Gasteiger partial charge on any atom is -0.461 e. The average molecular weight is 445 g/mol. The molecule has 0 amide bonds. The quantitative estimate of drug-likeness (QED) is 0.501. The molecule has 0 bridgehead atoms. The summed E-state index contributed by atoms with van der Waals surface area (Å²) in [6, 6.07) is 5.04. The monoisotopic (exact) mass is 444 g/mol. The lowest BCUT2D eigenvalue weighted by atomic mass is 9.92. The molecule has 0 spiro atoms. The zero-order valence-electron chi connectivity index (χ0n) is 18.3. The van der Waals surface area contributed by atoms with Gasteiger partial charge in [-0.1, -0.05) is 6.07 Å². The van der Waals surface area contributed by atoms with Crippen molar-refractivity contribution in [3.05, 3.63) is 58.4 Å². The Balaban J connectivity index is 1.63. The number of aromatic nitrogens is 1. The molecule has 0 atom stereocenters. The van der Waals surface area contributed by atoms with Crippen molar-refractivity contribution < 1.29 is 22.7 Å². The first-order valence-corrected chi connectivity index (χ1v) is 11.7. The first kappa shape index (κ1) is 23.1. The molecule has 0 unspecified atom stereocenters. The molecule has 1 aromatic carbocycles. The molecule has 0 radical (unpaired) electrons. The summed E-state index contributed by atoms with van der Waals surface area (Å²) in [6.07, 6.45) is 3.67. The number of Topliss-reactive ketones (excluding diaryl/α,β-unsaturated/α-hetero) is 1. The van der Waals surface area contributed by atoms with Crippen molar-refractivity contribution in [1.29, 1.82) is 0 Å². The molecule has 1 fully saturated rings. The van der Waals surface area contributed by atoms with Gasteiger partial charge in [-0.05, 0) is 74.9 Å². The highest BCUT2D eigenvalue weighted by molar-refractivity contribution is 7.89. The van der Waals surface area contributed by atoms with Crippen molar-refractivity contribution in [2.75, 3.05) is 13.1 Å². The molecule has 2 aromatic rings. The molecule has 0 saturated carbocycles. The maximum atomic E-state index is 12.7. The van der Waals surface area contributed by atoms with Gasteiger partial charge < -0.3 is 4.74 Å². The molecule has 0 aliphatic carbocycles. The van der Waals surface area contributed by atoms with Gasteiger partial charge in [-0.3, -0.25) is 14.6 Å². The van der Waals surface area contributed by atoms with E-state index in [-0.39, 0.29) is 42.3 Å². The van der Waals surface area contributed by atoms with Crippen molar-refractivity contribution in [1.82, 2.24) is 9.29 Å². The molecule has 2 heterocycles. The fourth-order valence-electron chi connectivity index (χ4n) is 4.23. The number of piperidine rings is 1. The number of esters is 1. The van der Waals surface area contributed by atoms with Gasteiger partial charge in [-0.15, -0.1) is 0 Å². The maximum absolute atomic E-state index is 12.7. The molecule has 3 rings (SSSR count). The number of hydrogen-bond acceptors (Lipinski definition) is 6. The molecule has 1 aliphatic heterocycles. The van der Waals surface area contributed by atoms with E-state index >= 15 is 0 Å². The Morgan fingerprint density at radius 1 is 1.16 bits per heavy atom. The van der Waals surface area contributed by atoms with Crippen LogP contribution < -0.4 is 0 Å². The van der Waals surface area contributed by atoms with Gasteiger partial charge in [0, 0.05) is 31.0 Å². The third-order valence-electron chi connectivity index (χ3n) is 5.90. The van der Waals surface area contributed by atoms with Crippen LogP contribution in [0.5, 0.6) is 0 Å². The van der Waals surface area contributed by atoms with Crippen molar-refractivity contribution in [2.45, 2.75) is 52.0 Å². The van der Waals surface area contributed by atoms with Crippen LogP contribution in [0, 0.1) is 26.7 Å². The largest absolute Gasteiger partial charge is 0.461 e. The average Bonchev–Trinajstić information content (AvgIpc) is 2.73. The summed E-state index contributed by atoms with van der Waals surface area (Å²) in [7, 11) is -3.61. The van der Waals surface area contributed by atoms with Crippen molar-refractivity contribution in [3.8, 4) is 0 Å². The molecule has 8 heteroatoms. The fourth-order valence-corrected chi connectivity index (χ4v) is 5.67. The zero-order chi connectivity index (χ0) is 22.8. The van der Waals surface area contributed by atoms with Gasteiger partial charge in [0.1, 0.15) is 11.5 Å². The van der Waals surface area contributed by atoms with Gasteiger partial charge >= 0.3 is 5.97 Å². The molecule has 1 aliphatic rings. The Morgan fingerprint density at radius 3 is 2.42 bits per heavy atom. The molecule has 7 nitrogen and oxygen atoms in total. The summed E-state index contributed by atoms with van der Waals surface area (Å²) >= 11 is 0. The van der Waals surface area contributed by atoms with Gasteiger partial charge in [-0.2, -0.15) is 4.31 Å². The fraction of sp³-hybridized carbons (Fsp3) is 0.435. The Bertz CT molecular complexity index is 1090. The van der Waals surface area contributed by atoms with E-state index in [2.05, 4.69) is 4.98 Å². The summed E-state index contributed by atoms with van der Waals surface area (Å²) in [5.74, 6) is -0.689. The summed E-state index contributed by atoms with van der Waals surface area (Å²) < 4.78 is 32.4. The van der Waals surface area contributed by atoms with Crippen LogP contribution in [0.4, 0.5) is 0 Å². The van der Waals surface area contributed by atoms with Crippen LogP contribution in [0.25, 0.3) is 0 Å². The highest BCUT2D eigenvalue weighted by Crippen LogP contribution is 2.27. The Labute approximate surface area is 183 Å². The number of rotatable bonds is 6. The van der Waals surface area contributed by atoms with Crippen LogP contribution in [-0.2, 0) is 26.2 Å². The van der Waals surface area contributed by atoms with Crippen molar-refractivity contribution in [2.24, 2.45) is 5.92 Å². The Kier molecular flexibility index (Phi) is 6.91. The highest BCUT2D eigenvalue weighted by Gasteiger charge is 2.33. The molecule has 166 valence electrons. The number of ether oxygens (including phenoxy) is 1. The van der Waals surface area contributed by atoms with Crippen LogP contribution in [0.15, 0.2) is 35.5 Å². The lowest BCUT2D eigenvalue weighted by Gasteiger charge is -2.30. The third kappa shape index (κ3) is 4.85. The molecule has 1 aromatic heterocycles.